The minimum absolute atomic E-state index is 0.181. The van der Waals surface area contributed by atoms with Crippen LogP contribution in [0.1, 0.15) is 52.0 Å². The Morgan fingerprint density at radius 3 is 2.62 bits per heavy atom. The first-order valence-corrected chi connectivity index (χ1v) is 10.5. The van der Waals surface area contributed by atoms with Gasteiger partial charge in [-0.05, 0) is 37.3 Å². The Morgan fingerprint density at radius 1 is 1.21 bits per heavy atom. The van der Waals surface area contributed by atoms with Crippen LogP contribution in [0.5, 0.6) is 0 Å². The van der Waals surface area contributed by atoms with Gasteiger partial charge < -0.3 is 9.80 Å². The monoisotopic (exact) mass is 361 g/mol. The third-order valence-electron chi connectivity index (χ3n) is 5.10. The van der Waals surface area contributed by atoms with E-state index in [0.29, 0.717) is 5.92 Å². The number of aromatic nitrogens is 1. The normalized spacial score (nSPS) is 19.2. The molecular formula is C18H23N3OS2. The summed E-state index contributed by atoms with van der Waals surface area (Å²) in [6.45, 7) is 5.42. The summed E-state index contributed by atoms with van der Waals surface area (Å²) in [5.74, 6) is 0.769. The fourth-order valence-corrected chi connectivity index (χ4v) is 5.68. The quantitative estimate of drug-likeness (QED) is 0.825. The van der Waals surface area contributed by atoms with Crippen molar-refractivity contribution in [2.45, 2.75) is 38.5 Å². The molecule has 6 heteroatoms. The molecule has 1 saturated carbocycles. The van der Waals surface area contributed by atoms with Gasteiger partial charge in [-0.3, -0.25) is 4.79 Å². The molecule has 0 unspecified atom stereocenters. The highest BCUT2D eigenvalue weighted by Gasteiger charge is 2.28. The Bertz CT molecular complexity index is 696. The molecule has 0 spiro atoms. The summed E-state index contributed by atoms with van der Waals surface area (Å²) in [4.78, 5) is 22.9. The number of nitrogens with zero attached hydrogens (tertiary/aromatic N) is 3. The highest BCUT2D eigenvalue weighted by Crippen LogP contribution is 2.37. The number of thiazole rings is 1. The Labute approximate surface area is 151 Å². The number of carbonyl (C=O) groups is 1. The largest absolute Gasteiger partial charge is 0.360 e. The van der Waals surface area contributed by atoms with Crippen LogP contribution in [0.25, 0.3) is 0 Å². The van der Waals surface area contributed by atoms with Gasteiger partial charge in [0.05, 0.1) is 15.7 Å². The van der Waals surface area contributed by atoms with Crippen LogP contribution in [0.4, 0.5) is 5.00 Å². The lowest BCUT2D eigenvalue weighted by Crippen LogP contribution is -2.48. The van der Waals surface area contributed by atoms with Crippen molar-refractivity contribution in [1.82, 2.24) is 9.88 Å². The fourth-order valence-electron chi connectivity index (χ4n) is 3.69. The van der Waals surface area contributed by atoms with Gasteiger partial charge in [-0.2, -0.15) is 0 Å². The predicted octanol–water partition coefficient (Wildman–Crippen LogP) is 4.13. The molecule has 2 fully saturated rings. The van der Waals surface area contributed by atoms with Crippen LogP contribution in [-0.2, 0) is 0 Å². The molecule has 2 aliphatic rings. The molecule has 2 aromatic rings. The van der Waals surface area contributed by atoms with E-state index in [9.17, 15) is 4.79 Å². The maximum absolute atomic E-state index is 12.9. The summed E-state index contributed by atoms with van der Waals surface area (Å²) < 4.78 is 0. The van der Waals surface area contributed by atoms with Crippen molar-refractivity contribution in [1.29, 1.82) is 0 Å². The summed E-state index contributed by atoms with van der Waals surface area (Å²) in [6, 6.07) is 4.24. The van der Waals surface area contributed by atoms with E-state index in [-0.39, 0.29) is 5.91 Å². The zero-order valence-corrected chi connectivity index (χ0v) is 15.7. The predicted molar refractivity (Wildman–Crippen MR) is 100 cm³/mol. The van der Waals surface area contributed by atoms with E-state index >= 15 is 0 Å². The van der Waals surface area contributed by atoms with E-state index in [1.54, 1.807) is 22.7 Å². The molecule has 0 aromatic carbocycles. The Hall–Kier alpha value is -1.40. The van der Waals surface area contributed by atoms with E-state index in [1.807, 2.05) is 11.8 Å². The van der Waals surface area contributed by atoms with E-state index in [1.165, 1.54) is 35.7 Å². The summed E-state index contributed by atoms with van der Waals surface area (Å²) >= 11 is 3.41. The molecule has 1 saturated heterocycles. The number of aryl methyl sites for hydroxylation is 1. The van der Waals surface area contributed by atoms with Crippen LogP contribution in [0.3, 0.4) is 0 Å². The van der Waals surface area contributed by atoms with Gasteiger partial charge in [-0.15, -0.1) is 22.7 Å². The van der Waals surface area contributed by atoms with Gasteiger partial charge in [0.25, 0.3) is 5.91 Å². The number of hydrogen-bond acceptors (Lipinski definition) is 5. The number of amides is 1. The first-order valence-electron chi connectivity index (χ1n) is 8.77. The summed E-state index contributed by atoms with van der Waals surface area (Å²) in [5, 5.41) is 4.60. The summed E-state index contributed by atoms with van der Waals surface area (Å²) in [7, 11) is 0. The smallest absolute Gasteiger partial charge is 0.265 e. The molecule has 1 amide bonds. The molecule has 2 aromatic heterocycles. The minimum Gasteiger partial charge on any atom is -0.360 e. The van der Waals surface area contributed by atoms with Crippen molar-refractivity contribution >= 4 is 33.6 Å². The number of hydrogen-bond donors (Lipinski definition) is 0. The van der Waals surface area contributed by atoms with Crippen molar-refractivity contribution in [2.75, 3.05) is 31.1 Å². The number of thiophene rings is 1. The molecule has 24 heavy (non-hydrogen) atoms. The minimum atomic E-state index is 0.181. The molecular weight excluding hydrogens is 338 g/mol. The fraction of sp³-hybridized carbons (Fsp3) is 0.556. The average molecular weight is 362 g/mol. The first-order chi connectivity index (χ1) is 11.7. The molecule has 4 nitrogen and oxygen atoms in total. The second-order valence-electron chi connectivity index (χ2n) is 6.68. The van der Waals surface area contributed by atoms with Crippen molar-refractivity contribution in [3.05, 3.63) is 33.1 Å². The number of carbonyl (C=O) groups excluding carboxylic acids is 1. The van der Waals surface area contributed by atoms with Gasteiger partial charge in [0.15, 0.2) is 0 Å². The molecule has 0 N–H and O–H groups in total. The molecule has 0 radical (unpaired) electrons. The van der Waals surface area contributed by atoms with E-state index in [0.717, 1.165) is 36.8 Å². The molecule has 128 valence electrons. The molecule has 3 heterocycles. The van der Waals surface area contributed by atoms with Crippen LogP contribution < -0.4 is 4.90 Å². The van der Waals surface area contributed by atoms with Crippen LogP contribution in [0.15, 0.2) is 17.5 Å². The lowest BCUT2D eigenvalue weighted by Gasteiger charge is -2.35. The number of piperazine rings is 1. The van der Waals surface area contributed by atoms with Gasteiger partial charge in [-0.1, -0.05) is 12.8 Å². The molecule has 1 aliphatic heterocycles. The van der Waals surface area contributed by atoms with Gasteiger partial charge >= 0.3 is 0 Å². The molecule has 0 bridgehead atoms. The molecule has 4 rings (SSSR count). The van der Waals surface area contributed by atoms with Gasteiger partial charge in [-0.25, -0.2) is 4.98 Å². The molecule has 1 aliphatic carbocycles. The van der Waals surface area contributed by atoms with Gasteiger partial charge in [0, 0.05) is 32.1 Å². The van der Waals surface area contributed by atoms with Crippen LogP contribution >= 0.6 is 22.7 Å². The SMILES string of the molecule is Cc1nc(C2CCCC2)sc1C(=O)N1CCN(c2cccs2)CC1. The van der Waals surface area contributed by atoms with Gasteiger partial charge in [0.1, 0.15) is 4.88 Å². The third-order valence-corrected chi connectivity index (χ3v) is 7.33. The number of anilines is 1. The average Bonchev–Trinajstić information content (AvgIpc) is 3.35. The van der Waals surface area contributed by atoms with Crippen LogP contribution in [-0.4, -0.2) is 42.0 Å². The van der Waals surface area contributed by atoms with Crippen LogP contribution in [0, 0.1) is 6.92 Å². The maximum atomic E-state index is 12.9. The van der Waals surface area contributed by atoms with E-state index < -0.39 is 0 Å². The second kappa shape index (κ2) is 6.84. The zero-order chi connectivity index (χ0) is 16.5. The summed E-state index contributed by atoms with van der Waals surface area (Å²) in [5.41, 5.74) is 0.924. The maximum Gasteiger partial charge on any atom is 0.265 e. The molecule has 0 atom stereocenters. The Morgan fingerprint density at radius 2 is 1.96 bits per heavy atom. The Kier molecular flexibility index (Phi) is 4.59. The van der Waals surface area contributed by atoms with Gasteiger partial charge in [0.2, 0.25) is 0 Å². The first kappa shape index (κ1) is 16.1. The highest BCUT2D eigenvalue weighted by atomic mass is 32.1. The summed E-state index contributed by atoms with van der Waals surface area (Å²) in [6.07, 6.45) is 5.08. The van der Waals surface area contributed by atoms with Crippen molar-refractivity contribution in [3.8, 4) is 0 Å². The second-order valence-corrected chi connectivity index (χ2v) is 8.64. The highest BCUT2D eigenvalue weighted by molar-refractivity contribution is 7.14. The lowest BCUT2D eigenvalue weighted by molar-refractivity contribution is 0.0751. The van der Waals surface area contributed by atoms with Crippen LogP contribution in [0.2, 0.25) is 0 Å². The zero-order valence-electron chi connectivity index (χ0n) is 14.0. The third kappa shape index (κ3) is 3.09. The Balaban J connectivity index is 1.43. The topological polar surface area (TPSA) is 36.4 Å². The van der Waals surface area contributed by atoms with E-state index in [4.69, 9.17) is 4.98 Å². The standard InChI is InChI=1S/C18H23N3OS2/c1-13-16(24-17(19-13)14-5-2-3-6-14)18(22)21-10-8-20(9-11-21)15-7-4-12-23-15/h4,7,12,14H,2-3,5-6,8-11H2,1H3. The lowest BCUT2D eigenvalue weighted by atomic mass is 10.1. The number of rotatable bonds is 3. The van der Waals surface area contributed by atoms with Crippen molar-refractivity contribution in [2.24, 2.45) is 0 Å². The van der Waals surface area contributed by atoms with E-state index in [2.05, 4.69) is 22.4 Å². The van der Waals surface area contributed by atoms with Crippen molar-refractivity contribution < 1.29 is 4.79 Å². The van der Waals surface area contributed by atoms with Crippen molar-refractivity contribution in [3.63, 3.8) is 0 Å².